The molecular weight excluding hydrogens is 443 g/mol. The number of sulfonamides is 1. The van der Waals surface area contributed by atoms with Crippen molar-refractivity contribution in [1.82, 2.24) is 9.62 Å². The molecule has 30 heavy (non-hydrogen) atoms. The first-order chi connectivity index (χ1) is 14.2. The smallest absolute Gasteiger partial charge is 0.246 e. The quantitative estimate of drug-likeness (QED) is 0.650. The van der Waals surface area contributed by atoms with Crippen LogP contribution >= 0.6 is 23.2 Å². The van der Waals surface area contributed by atoms with Crippen LogP contribution in [0.1, 0.15) is 43.4 Å². The molecule has 1 aliphatic heterocycles. The fourth-order valence-corrected chi connectivity index (χ4v) is 6.29. The van der Waals surface area contributed by atoms with Crippen LogP contribution in [0.2, 0.25) is 10.0 Å². The first-order valence-corrected chi connectivity index (χ1v) is 12.2. The summed E-state index contributed by atoms with van der Waals surface area (Å²) in [5.41, 5.74) is 2.25. The highest BCUT2D eigenvalue weighted by Gasteiger charge is 2.34. The molecule has 1 amide bonds. The lowest BCUT2D eigenvalue weighted by molar-refractivity contribution is -0.126. The van der Waals surface area contributed by atoms with E-state index in [1.807, 2.05) is 38.1 Å². The van der Waals surface area contributed by atoms with E-state index >= 15 is 0 Å². The predicted octanol–water partition coefficient (Wildman–Crippen LogP) is 4.97. The normalized spacial score (nSPS) is 16.9. The van der Waals surface area contributed by atoms with E-state index < -0.39 is 10.0 Å². The van der Waals surface area contributed by atoms with Gasteiger partial charge in [-0.3, -0.25) is 4.79 Å². The van der Waals surface area contributed by atoms with E-state index in [1.165, 1.54) is 22.0 Å². The molecule has 8 heteroatoms. The second kappa shape index (κ2) is 9.69. The predicted molar refractivity (Wildman–Crippen MR) is 120 cm³/mol. The summed E-state index contributed by atoms with van der Waals surface area (Å²) >= 11 is 12.2. The van der Waals surface area contributed by atoms with E-state index in [4.69, 9.17) is 23.2 Å². The Hall–Kier alpha value is -1.60. The summed E-state index contributed by atoms with van der Waals surface area (Å²) in [6.45, 7) is 4.57. The van der Waals surface area contributed by atoms with Crippen LogP contribution in [0, 0.1) is 12.8 Å². The van der Waals surface area contributed by atoms with Crippen molar-refractivity contribution in [1.29, 1.82) is 0 Å². The van der Waals surface area contributed by atoms with Gasteiger partial charge in [0.15, 0.2) is 0 Å². The van der Waals surface area contributed by atoms with Crippen molar-refractivity contribution in [3.05, 3.63) is 63.6 Å². The highest BCUT2D eigenvalue weighted by molar-refractivity contribution is 7.89. The van der Waals surface area contributed by atoms with Crippen molar-refractivity contribution < 1.29 is 13.2 Å². The number of halogens is 2. The van der Waals surface area contributed by atoms with Gasteiger partial charge in [-0.05, 0) is 43.9 Å². The number of piperidine rings is 1. The summed E-state index contributed by atoms with van der Waals surface area (Å²) in [6.07, 6.45) is 1.70. The number of nitrogens with one attached hydrogen (secondary N) is 1. The molecule has 1 fully saturated rings. The summed E-state index contributed by atoms with van der Waals surface area (Å²) in [6, 6.07) is 12.7. The topological polar surface area (TPSA) is 66.5 Å². The molecule has 0 bridgehead atoms. The van der Waals surface area contributed by atoms with Gasteiger partial charge in [-0.15, -0.1) is 0 Å². The van der Waals surface area contributed by atoms with Gasteiger partial charge in [0.25, 0.3) is 0 Å². The third-order valence-electron chi connectivity index (χ3n) is 5.55. The number of hydrogen-bond acceptors (Lipinski definition) is 3. The maximum Gasteiger partial charge on any atom is 0.246 e. The maximum absolute atomic E-state index is 13.0. The van der Waals surface area contributed by atoms with Crippen molar-refractivity contribution >= 4 is 39.1 Å². The molecule has 1 atom stereocenters. The summed E-state index contributed by atoms with van der Waals surface area (Å²) in [7, 11) is -3.81. The zero-order chi connectivity index (χ0) is 21.9. The van der Waals surface area contributed by atoms with Gasteiger partial charge >= 0.3 is 0 Å². The molecule has 0 saturated carbocycles. The van der Waals surface area contributed by atoms with Crippen LogP contribution in [0.5, 0.6) is 0 Å². The van der Waals surface area contributed by atoms with Crippen molar-refractivity contribution in [2.24, 2.45) is 5.92 Å². The Morgan fingerprint density at radius 1 is 1.10 bits per heavy atom. The molecule has 0 radical (unpaired) electrons. The molecule has 162 valence electrons. The molecule has 1 unspecified atom stereocenters. The first-order valence-electron chi connectivity index (χ1n) is 10.0. The summed E-state index contributed by atoms with van der Waals surface area (Å²) < 4.78 is 27.4. The average Bonchev–Trinajstić information content (AvgIpc) is 2.72. The summed E-state index contributed by atoms with van der Waals surface area (Å²) in [4.78, 5) is 12.8. The van der Waals surface area contributed by atoms with E-state index in [0.29, 0.717) is 12.8 Å². The van der Waals surface area contributed by atoms with Crippen LogP contribution in [0.15, 0.2) is 47.4 Å². The molecule has 2 aromatic rings. The molecule has 1 N–H and O–H groups in total. The van der Waals surface area contributed by atoms with Gasteiger partial charge in [0.1, 0.15) is 4.90 Å². The van der Waals surface area contributed by atoms with Crippen LogP contribution in [0.4, 0.5) is 0 Å². The standard InChI is InChI=1S/C22H26Cl2N2O3S/c1-3-20(16-9-7-15(2)8-10-16)25-22(27)17-11-13-26(14-12-17)30(28,29)21-18(23)5-4-6-19(21)24/h4-10,17,20H,3,11-14H2,1-2H3,(H,25,27). The molecule has 1 saturated heterocycles. The lowest BCUT2D eigenvalue weighted by Crippen LogP contribution is -2.43. The Balaban J connectivity index is 1.64. The Bertz CT molecular complexity index is 981. The molecular formula is C22H26Cl2N2O3S. The molecule has 3 rings (SSSR count). The molecule has 5 nitrogen and oxygen atoms in total. The van der Waals surface area contributed by atoms with Crippen LogP contribution in [-0.4, -0.2) is 31.7 Å². The third-order valence-corrected chi connectivity index (χ3v) is 8.40. The van der Waals surface area contributed by atoms with Gasteiger partial charge in [-0.2, -0.15) is 4.31 Å². The second-order valence-electron chi connectivity index (χ2n) is 7.61. The molecule has 0 aliphatic carbocycles. The van der Waals surface area contributed by atoms with Crippen LogP contribution in [-0.2, 0) is 14.8 Å². The van der Waals surface area contributed by atoms with Crippen LogP contribution < -0.4 is 5.32 Å². The number of rotatable bonds is 6. The highest BCUT2D eigenvalue weighted by atomic mass is 35.5. The monoisotopic (exact) mass is 468 g/mol. The van der Waals surface area contributed by atoms with Gasteiger partial charge in [0.2, 0.25) is 15.9 Å². The Kier molecular flexibility index (Phi) is 7.45. The minimum atomic E-state index is -3.81. The number of hydrogen-bond donors (Lipinski definition) is 1. The van der Waals surface area contributed by atoms with Crippen LogP contribution in [0.3, 0.4) is 0 Å². The Labute approximate surface area is 188 Å². The maximum atomic E-state index is 13.0. The SMILES string of the molecule is CCC(NC(=O)C1CCN(S(=O)(=O)c2c(Cl)cccc2Cl)CC1)c1ccc(C)cc1. The van der Waals surface area contributed by atoms with Gasteiger partial charge < -0.3 is 5.32 Å². The Morgan fingerprint density at radius 2 is 1.67 bits per heavy atom. The lowest BCUT2D eigenvalue weighted by atomic mass is 9.95. The number of nitrogens with zero attached hydrogens (tertiary/aromatic N) is 1. The van der Waals surface area contributed by atoms with E-state index in [9.17, 15) is 13.2 Å². The molecule has 0 spiro atoms. The zero-order valence-electron chi connectivity index (χ0n) is 17.1. The van der Waals surface area contributed by atoms with E-state index in [-0.39, 0.29) is 45.9 Å². The van der Waals surface area contributed by atoms with Gasteiger partial charge in [-0.25, -0.2) is 8.42 Å². The van der Waals surface area contributed by atoms with Crippen molar-refractivity contribution in [3.8, 4) is 0 Å². The number of aryl methyl sites for hydroxylation is 1. The third kappa shape index (κ3) is 4.99. The minimum absolute atomic E-state index is 0.0322. The van der Waals surface area contributed by atoms with E-state index in [1.54, 1.807) is 6.07 Å². The number of carbonyl (C=O) groups excluding carboxylic acids is 1. The molecule has 2 aromatic carbocycles. The van der Waals surface area contributed by atoms with E-state index in [0.717, 1.165) is 12.0 Å². The summed E-state index contributed by atoms with van der Waals surface area (Å²) in [5.74, 6) is -0.257. The highest BCUT2D eigenvalue weighted by Crippen LogP contribution is 2.33. The fourth-order valence-electron chi connectivity index (χ4n) is 3.73. The minimum Gasteiger partial charge on any atom is -0.349 e. The Morgan fingerprint density at radius 3 is 2.20 bits per heavy atom. The van der Waals surface area contributed by atoms with Crippen molar-refractivity contribution in [2.75, 3.05) is 13.1 Å². The number of benzene rings is 2. The largest absolute Gasteiger partial charge is 0.349 e. The molecule has 1 heterocycles. The van der Waals surface area contributed by atoms with Crippen molar-refractivity contribution in [3.63, 3.8) is 0 Å². The molecule has 0 aromatic heterocycles. The van der Waals surface area contributed by atoms with Gasteiger partial charge in [-0.1, -0.05) is 66.0 Å². The summed E-state index contributed by atoms with van der Waals surface area (Å²) in [5, 5.41) is 3.33. The van der Waals surface area contributed by atoms with E-state index in [2.05, 4.69) is 5.32 Å². The lowest BCUT2D eigenvalue weighted by Gasteiger charge is -2.32. The number of amides is 1. The van der Waals surface area contributed by atoms with Crippen molar-refractivity contribution in [2.45, 2.75) is 44.0 Å². The van der Waals surface area contributed by atoms with Gasteiger partial charge in [0, 0.05) is 19.0 Å². The second-order valence-corrected chi connectivity index (χ2v) is 10.3. The number of carbonyl (C=O) groups is 1. The average molecular weight is 469 g/mol. The van der Waals surface area contributed by atoms with Gasteiger partial charge in [0.05, 0.1) is 16.1 Å². The first kappa shape index (κ1) is 23.1. The van der Waals surface area contributed by atoms with Crippen LogP contribution in [0.25, 0.3) is 0 Å². The zero-order valence-corrected chi connectivity index (χ0v) is 19.4. The molecule has 1 aliphatic rings. The fraction of sp³-hybridized carbons (Fsp3) is 0.409.